The largest absolute Gasteiger partial charge is 0.465 e. The standard InChI is InChI=1S/C14H24O7/c1-3-21-13(17)14(10-20-5-4-12(14)16)8-11(15)9-19-7-6-18-2/h11,15H,3-10H2,1-2H3. The van der Waals surface area contributed by atoms with Crippen molar-refractivity contribution in [1.82, 2.24) is 0 Å². The number of aliphatic hydroxyl groups excluding tert-OH is 1. The van der Waals surface area contributed by atoms with E-state index < -0.39 is 17.5 Å². The van der Waals surface area contributed by atoms with Crippen LogP contribution in [0.5, 0.6) is 0 Å². The summed E-state index contributed by atoms with van der Waals surface area (Å²) in [4.78, 5) is 24.3. The summed E-state index contributed by atoms with van der Waals surface area (Å²) in [5.41, 5.74) is -1.42. The third-order valence-electron chi connectivity index (χ3n) is 3.35. The Hall–Kier alpha value is -1.02. The molecule has 0 bridgehead atoms. The fourth-order valence-corrected chi connectivity index (χ4v) is 2.25. The molecular weight excluding hydrogens is 280 g/mol. The zero-order valence-electron chi connectivity index (χ0n) is 12.6. The smallest absolute Gasteiger partial charge is 0.322 e. The number of aliphatic hydroxyl groups is 1. The lowest BCUT2D eigenvalue weighted by atomic mass is 9.76. The molecule has 0 spiro atoms. The topological polar surface area (TPSA) is 91.3 Å². The second kappa shape index (κ2) is 9.09. The fraction of sp³-hybridized carbons (Fsp3) is 0.857. The molecule has 7 heteroatoms. The van der Waals surface area contributed by atoms with E-state index >= 15 is 0 Å². The molecule has 0 aromatic heterocycles. The Morgan fingerprint density at radius 3 is 2.86 bits per heavy atom. The molecule has 0 amide bonds. The maximum absolute atomic E-state index is 12.2. The van der Waals surface area contributed by atoms with Crippen molar-refractivity contribution in [2.24, 2.45) is 5.41 Å². The van der Waals surface area contributed by atoms with Gasteiger partial charge in [-0.1, -0.05) is 0 Å². The van der Waals surface area contributed by atoms with Gasteiger partial charge in [0.05, 0.1) is 45.7 Å². The van der Waals surface area contributed by atoms with Gasteiger partial charge in [0.2, 0.25) is 0 Å². The van der Waals surface area contributed by atoms with Gasteiger partial charge in [0.25, 0.3) is 0 Å². The summed E-state index contributed by atoms with van der Waals surface area (Å²) in [7, 11) is 1.55. The van der Waals surface area contributed by atoms with Gasteiger partial charge in [0, 0.05) is 20.0 Å². The van der Waals surface area contributed by atoms with Gasteiger partial charge in [0.15, 0.2) is 11.2 Å². The van der Waals surface area contributed by atoms with Crippen molar-refractivity contribution in [3.63, 3.8) is 0 Å². The van der Waals surface area contributed by atoms with Crippen molar-refractivity contribution in [2.45, 2.75) is 25.9 Å². The highest BCUT2D eigenvalue weighted by atomic mass is 16.5. The minimum absolute atomic E-state index is 0.0256. The van der Waals surface area contributed by atoms with E-state index in [1.54, 1.807) is 14.0 Å². The highest BCUT2D eigenvalue weighted by Gasteiger charge is 2.50. The van der Waals surface area contributed by atoms with Gasteiger partial charge in [-0.3, -0.25) is 9.59 Å². The molecule has 0 saturated carbocycles. The van der Waals surface area contributed by atoms with Gasteiger partial charge in [-0.2, -0.15) is 0 Å². The molecule has 2 unspecified atom stereocenters. The Balaban J connectivity index is 2.64. The van der Waals surface area contributed by atoms with E-state index in [0.717, 1.165) is 0 Å². The fourth-order valence-electron chi connectivity index (χ4n) is 2.25. The molecule has 1 rings (SSSR count). The monoisotopic (exact) mass is 304 g/mol. The summed E-state index contributed by atoms with van der Waals surface area (Å²) in [5, 5.41) is 10.0. The lowest BCUT2D eigenvalue weighted by molar-refractivity contribution is -0.173. The third-order valence-corrected chi connectivity index (χ3v) is 3.35. The van der Waals surface area contributed by atoms with E-state index in [9.17, 15) is 14.7 Å². The van der Waals surface area contributed by atoms with Crippen LogP contribution in [0.15, 0.2) is 0 Å². The number of Topliss-reactive ketones (excluding diaryl/α,β-unsaturated/α-hetero) is 1. The van der Waals surface area contributed by atoms with Crippen LogP contribution in [0.3, 0.4) is 0 Å². The molecule has 0 radical (unpaired) electrons. The molecule has 1 aliphatic rings. The first kappa shape index (κ1) is 18.0. The molecule has 1 saturated heterocycles. The Morgan fingerprint density at radius 2 is 2.24 bits per heavy atom. The van der Waals surface area contributed by atoms with E-state index in [1.165, 1.54) is 0 Å². The number of rotatable bonds is 9. The van der Waals surface area contributed by atoms with Gasteiger partial charge in [-0.15, -0.1) is 0 Å². The van der Waals surface area contributed by atoms with Crippen molar-refractivity contribution < 1.29 is 33.6 Å². The molecule has 2 atom stereocenters. The van der Waals surface area contributed by atoms with Crippen molar-refractivity contribution in [3.8, 4) is 0 Å². The number of carbonyl (C=O) groups is 2. The van der Waals surface area contributed by atoms with E-state index in [0.29, 0.717) is 19.8 Å². The van der Waals surface area contributed by atoms with Crippen LogP contribution in [0.4, 0.5) is 0 Å². The quantitative estimate of drug-likeness (QED) is 0.362. The van der Waals surface area contributed by atoms with Crippen LogP contribution in [0.25, 0.3) is 0 Å². The molecule has 7 nitrogen and oxygen atoms in total. The van der Waals surface area contributed by atoms with Gasteiger partial charge in [0.1, 0.15) is 0 Å². The lowest BCUT2D eigenvalue weighted by Gasteiger charge is -2.34. The predicted octanol–water partition coefficient (Wildman–Crippen LogP) is -0.0607. The predicted molar refractivity (Wildman–Crippen MR) is 72.8 cm³/mol. The summed E-state index contributed by atoms with van der Waals surface area (Å²) >= 11 is 0. The molecule has 122 valence electrons. The zero-order valence-corrected chi connectivity index (χ0v) is 12.6. The van der Waals surface area contributed by atoms with Gasteiger partial charge < -0.3 is 24.1 Å². The number of ketones is 1. The summed E-state index contributed by atoms with van der Waals surface area (Å²) in [6, 6.07) is 0. The third kappa shape index (κ3) is 5.03. The van der Waals surface area contributed by atoms with Crippen molar-refractivity contribution >= 4 is 11.8 Å². The van der Waals surface area contributed by atoms with E-state index in [2.05, 4.69) is 0 Å². The average molecular weight is 304 g/mol. The number of methoxy groups -OCH3 is 1. The summed E-state index contributed by atoms with van der Waals surface area (Å²) in [6.45, 7) is 2.86. The SMILES string of the molecule is CCOC(=O)C1(CC(O)COCCOC)COCCC1=O. The molecule has 1 fully saturated rings. The van der Waals surface area contributed by atoms with Crippen molar-refractivity contribution in [1.29, 1.82) is 0 Å². The van der Waals surface area contributed by atoms with Crippen molar-refractivity contribution in [3.05, 3.63) is 0 Å². The molecule has 1 aliphatic heterocycles. The van der Waals surface area contributed by atoms with Gasteiger partial charge in [-0.25, -0.2) is 0 Å². The minimum atomic E-state index is -1.42. The summed E-state index contributed by atoms with van der Waals surface area (Å²) in [6.07, 6.45) is -0.856. The highest BCUT2D eigenvalue weighted by Crippen LogP contribution is 2.32. The number of esters is 1. The Bertz CT molecular complexity index is 344. The second-order valence-electron chi connectivity index (χ2n) is 4.95. The van der Waals surface area contributed by atoms with E-state index in [-0.39, 0.29) is 38.4 Å². The van der Waals surface area contributed by atoms with Gasteiger partial charge >= 0.3 is 5.97 Å². The van der Waals surface area contributed by atoms with Crippen LogP contribution >= 0.6 is 0 Å². The van der Waals surface area contributed by atoms with Crippen LogP contribution < -0.4 is 0 Å². The van der Waals surface area contributed by atoms with Crippen LogP contribution in [0.1, 0.15) is 19.8 Å². The molecule has 21 heavy (non-hydrogen) atoms. The zero-order chi connectivity index (χ0) is 15.7. The van der Waals surface area contributed by atoms with Crippen LogP contribution in [-0.2, 0) is 28.5 Å². The van der Waals surface area contributed by atoms with Crippen molar-refractivity contribution in [2.75, 3.05) is 46.8 Å². The highest BCUT2D eigenvalue weighted by molar-refractivity contribution is 6.04. The Morgan fingerprint density at radius 1 is 1.48 bits per heavy atom. The maximum atomic E-state index is 12.2. The maximum Gasteiger partial charge on any atom is 0.322 e. The first-order valence-electron chi connectivity index (χ1n) is 7.10. The molecule has 0 aliphatic carbocycles. The first-order valence-corrected chi connectivity index (χ1v) is 7.10. The normalized spacial score (nSPS) is 23.9. The Kier molecular flexibility index (Phi) is 7.81. The van der Waals surface area contributed by atoms with Gasteiger partial charge in [-0.05, 0) is 6.92 Å². The van der Waals surface area contributed by atoms with Crippen LogP contribution in [0, 0.1) is 5.41 Å². The second-order valence-corrected chi connectivity index (χ2v) is 4.95. The number of hydrogen-bond donors (Lipinski definition) is 1. The molecule has 1 heterocycles. The number of hydrogen-bond acceptors (Lipinski definition) is 7. The van der Waals surface area contributed by atoms with Crippen LogP contribution in [0.2, 0.25) is 0 Å². The molecule has 0 aromatic carbocycles. The average Bonchev–Trinajstić information content (AvgIpc) is 2.46. The number of carbonyl (C=O) groups excluding carboxylic acids is 2. The minimum Gasteiger partial charge on any atom is -0.465 e. The first-order chi connectivity index (χ1) is 10.1. The molecular formula is C14H24O7. The van der Waals surface area contributed by atoms with E-state index in [1.807, 2.05) is 0 Å². The van der Waals surface area contributed by atoms with E-state index in [4.69, 9.17) is 18.9 Å². The molecule has 1 N–H and O–H groups in total. The number of ether oxygens (including phenoxy) is 4. The lowest BCUT2D eigenvalue weighted by Crippen LogP contribution is -2.50. The summed E-state index contributed by atoms with van der Waals surface area (Å²) in [5.74, 6) is -0.881. The Labute approximate surface area is 124 Å². The van der Waals surface area contributed by atoms with Crippen LogP contribution in [-0.4, -0.2) is 69.7 Å². The summed E-state index contributed by atoms with van der Waals surface area (Å²) < 4.78 is 20.3. The molecule has 0 aromatic rings.